The summed E-state index contributed by atoms with van der Waals surface area (Å²) in [4.78, 5) is 52.1. The second-order valence-corrected chi connectivity index (χ2v) is 8.48. The van der Waals surface area contributed by atoms with Crippen molar-refractivity contribution in [2.24, 2.45) is 0 Å². The van der Waals surface area contributed by atoms with Crippen LogP contribution in [0, 0.1) is 10.1 Å². The summed E-state index contributed by atoms with van der Waals surface area (Å²) < 4.78 is 0. The lowest BCUT2D eigenvalue weighted by Crippen LogP contribution is -2.44. The fourth-order valence-electron chi connectivity index (χ4n) is 4.25. The van der Waals surface area contributed by atoms with E-state index in [2.05, 4.69) is 5.32 Å². The zero-order valence-corrected chi connectivity index (χ0v) is 19.3. The Balaban J connectivity index is 1.57. The van der Waals surface area contributed by atoms with Gasteiger partial charge in [-0.05, 0) is 35.7 Å². The Morgan fingerprint density at radius 2 is 1.49 bits per heavy atom. The van der Waals surface area contributed by atoms with Gasteiger partial charge in [0.05, 0.1) is 11.0 Å². The van der Waals surface area contributed by atoms with Crippen molar-refractivity contribution in [3.8, 4) is 0 Å². The molecule has 9 heteroatoms. The molecule has 0 aromatic heterocycles. The fourth-order valence-corrected chi connectivity index (χ4v) is 4.25. The maximum Gasteiger partial charge on any atom is 0.325 e. The van der Waals surface area contributed by atoms with Crippen LogP contribution in [0.4, 0.5) is 10.5 Å². The van der Waals surface area contributed by atoms with Crippen molar-refractivity contribution in [2.75, 3.05) is 13.6 Å². The summed E-state index contributed by atoms with van der Waals surface area (Å²) >= 11 is 0. The third-order valence-electron chi connectivity index (χ3n) is 6.24. The topological polar surface area (TPSA) is 113 Å². The maximum absolute atomic E-state index is 13.3. The third-order valence-corrected chi connectivity index (χ3v) is 6.24. The predicted molar refractivity (Wildman–Crippen MR) is 128 cm³/mol. The first kappa shape index (κ1) is 23.6. The number of hydrogen-bond acceptors (Lipinski definition) is 5. The fraction of sp³-hybridized carbons (Fsp3) is 0.192. The molecule has 3 aromatic carbocycles. The monoisotopic (exact) mass is 472 g/mol. The molecule has 9 nitrogen and oxygen atoms in total. The highest BCUT2D eigenvalue weighted by molar-refractivity contribution is 6.09. The Bertz CT molecular complexity index is 1220. The van der Waals surface area contributed by atoms with Crippen molar-refractivity contribution in [3.63, 3.8) is 0 Å². The minimum absolute atomic E-state index is 0.129. The number of nitro benzene ring substituents is 1. The van der Waals surface area contributed by atoms with Gasteiger partial charge in [-0.1, -0.05) is 60.7 Å². The number of nitrogens with zero attached hydrogens (tertiary/aromatic N) is 3. The summed E-state index contributed by atoms with van der Waals surface area (Å²) in [6.45, 7) is 1.07. The highest BCUT2D eigenvalue weighted by Gasteiger charge is 2.50. The number of carbonyl (C=O) groups excluding carboxylic acids is 3. The van der Waals surface area contributed by atoms with E-state index >= 15 is 0 Å². The van der Waals surface area contributed by atoms with Crippen LogP contribution in [0.3, 0.4) is 0 Å². The molecular formula is C26H24N4O5. The van der Waals surface area contributed by atoms with Crippen molar-refractivity contribution in [1.29, 1.82) is 0 Å². The Hall–Kier alpha value is -4.53. The number of amides is 4. The summed E-state index contributed by atoms with van der Waals surface area (Å²) in [6.07, 6.45) is 0. The number of urea groups is 1. The molecule has 0 spiro atoms. The average molecular weight is 473 g/mol. The van der Waals surface area contributed by atoms with Crippen LogP contribution in [0.5, 0.6) is 0 Å². The second kappa shape index (κ2) is 9.38. The van der Waals surface area contributed by atoms with E-state index in [0.717, 1.165) is 16.0 Å². The Kier molecular flexibility index (Phi) is 6.33. The highest BCUT2D eigenvalue weighted by Crippen LogP contribution is 2.31. The number of hydrogen-bond donors (Lipinski definition) is 1. The molecule has 0 saturated carbocycles. The quantitative estimate of drug-likeness (QED) is 0.321. The lowest BCUT2D eigenvalue weighted by atomic mass is 9.92. The van der Waals surface area contributed by atoms with Gasteiger partial charge in [-0.2, -0.15) is 0 Å². The Labute approximate surface area is 202 Å². The molecule has 0 unspecified atom stereocenters. The van der Waals surface area contributed by atoms with Crippen LogP contribution in [0.1, 0.15) is 29.7 Å². The van der Waals surface area contributed by atoms with Gasteiger partial charge in [0.2, 0.25) is 5.91 Å². The zero-order chi connectivity index (χ0) is 25.2. The zero-order valence-electron chi connectivity index (χ0n) is 19.3. The van der Waals surface area contributed by atoms with E-state index in [1.165, 1.54) is 36.1 Å². The number of rotatable bonds is 7. The number of nitrogens with one attached hydrogen (secondary N) is 1. The van der Waals surface area contributed by atoms with E-state index in [1.54, 1.807) is 7.05 Å². The molecule has 178 valence electrons. The molecule has 0 aliphatic carbocycles. The number of benzene rings is 3. The summed E-state index contributed by atoms with van der Waals surface area (Å²) in [7, 11) is 1.64. The van der Waals surface area contributed by atoms with Crippen LogP contribution in [-0.4, -0.2) is 46.2 Å². The molecule has 1 atom stereocenters. The molecule has 0 bridgehead atoms. The smallest absolute Gasteiger partial charge is 0.325 e. The molecule has 1 fully saturated rings. The highest BCUT2D eigenvalue weighted by atomic mass is 16.6. The molecule has 4 amide bonds. The van der Waals surface area contributed by atoms with E-state index in [-0.39, 0.29) is 5.69 Å². The lowest BCUT2D eigenvalue weighted by molar-refractivity contribution is -0.384. The molecule has 1 saturated heterocycles. The van der Waals surface area contributed by atoms with Crippen LogP contribution >= 0.6 is 0 Å². The normalized spacial score (nSPS) is 17.4. The van der Waals surface area contributed by atoms with Crippen molar-refractivity contribution in [3.05, 3.63) is 112 Å². The number of likely N-dealkylation sites (N-methyl/N-ethyl adjacent to an activating group) is 1. The predicted octanol–water partition coefficient (Wildman–Crippen LogP) is 3.61. The standard InChI is InChI=1S/C26H24N4O5/c1-26(20-13-15-21(16-14-20)30(34)35)24(32)29(25(33)27-26)17-22(31)28(2)23(18-9-5-3-6-10-18)19-11-7-4-8-12-19/h3-16,23H,17H2,1-2H3,(H,27,33)/t26-/m0/s1. The third kappa shape index (κ3) is 4.48. The molecule has 4 rings (SSSR count). The van der Waals surface area contributed by atoms with Crippen LogP contribution < -0.4 is 5.32 Å². The maximum atomic E-state index is 13.3. The molecule has 1 N–H and O–H groups in total. The molecule has 1 aliphatic rings. The number of nitro groups is 1. The van der Waals surface area contributed by atoms with E-state index in [0.29, 0.717) is 5.56 Å². The Morgan fingerprint density at radius 3 is 1.97 bits per heavy atom. The van der Waals surface area contributed by atoms with Crippen LogP contribution in [0.2, 0.25) is 0 Å². The van der Waals surface area contributed by atoms with Gasteiger partial charge in [-0.3, -0.25) is 24.6 Å². The van der Waals surface area contributed by atoms with Crippen LogP contribution in [0.25, 0.3) is 0 Å². The largest absolute Gasteiger partial charge is 0.333 e. The molecule has 1 heterocycles. The summed E-state index contributed by atoms with van der Waals surface area (Å²) in [5.41, 5.74) is 0.598. The van der Waals surface area contributed by atoms with Gasteiger partial charge in [-0.25, -0.2) is 4.79 Å². The second-order valence-electron chi connectivity index (χ2n) is 8.48. The van der Waals surface area contributed by atoms with Gasteiger partial charge in [0.15, 0.2) is 0 Å². The van der Waals surface area contributed by atoms with Crippen LogP contribution in [-0.2, 0) is 15.1 Å². The van der Waals surface area contributed by atoms with E-state index in [1.807, 2.05) is 60.7 Å². The van der Waals surface area contributed by atoms with Gasteiger partial charge >= 0.3 is 6.03 Å². The minimum Gasteiger partial charge on any atom is -0.333 e. The van der Waals surface area contributed by atoms with E-state index < -0.39 is 40.9 Å². The molecular weight excluding hydrogens is 448 g/mol. The first-order valence-corrected chi connectivity index (χ1v) is 11.0. The summed E-state index contributed by atoms with van der Waals surface area (Å²) in [5, 5.41) is 13.6. The molecule has 35 heavy (non-hydrogen) atoms. The summed E-state index contributed by atoms with van der Waals surface area (Å²) in [6, 6.07) is 23.3. The van der Waals surface area contributed by atoms with Gasteiger partial charge in [0, 0.05) is 19.2 Å². The van der Waals surface area contributed by atoms with Gasteiger partial charge in [0.25, 0.3) is 11.6 Å². The molecule has 1 aliphatic heterocycles. The molecule has 0 radical (unpaired) electrons. The van der Waals surface area contributed by atoms with Crippen molar-refractivity contribution in [1.82, 2.24) is 15.1 Å². The van der Waals surface area contributed by atoms with Crippen LogP contribution in [0.15, 0.2) is 84.9 Å². The van der Waals surface area contributed by atoms with Crippen molar-refractivity contribution < 1.29 is 19.3 Å². The number of imide groups is 1. The number of non-ortho nitro benzene ring substituents is 1. The van der Waals surface area contributed by atoms with Crippen molar-refractivity contribution in [2.45, 2.75) is 18.5 Å². The number of carbonyl (C=O) groups is 3. The van der Waals surface area contributed by atoms with Gasteiger partial charge in [0.1, 0.15) is 12.1 Å². The van der Waals surface area contributed by atoms with Gasteiger partial charge in [-0.15, -0.1) is 0 Å². The average Bonchev–Trinajstić information content (AvgIpc) is 3.09. The first-order valence-electron chi connectivity index (χ1n) is 11.0. The minimum atomic E-state index is -1.44. The SMILES string of the molecule is CN(C(=O)CN1C(=O)N[C@@](C)(c2ccc([N+](=O)[O-])cc2)C1=O)C(c1ccccc1)c1ccccc1. The first-order chi connectivity index (χ1) is 16.7. The Morgan fingerprint density at radius 1 is 0.971 bits per heavy atom. The molecule has 3 aromatic rings. The lowest BCUT2D eigenvalue weighted by Gasteiger charge is -2.30. The summed E-state index contributed by atoms with van der Waals surface area (Å²) in [5.74, 6) is -1.02. The van der Waals surface area contributed by atoms with Crippen molar-refractivity contribution >= 4 is 23.5 Å². The van der Waals surface area contributed by atoms with E-state index in [4.69, 9.17) is 0 Å². The van der Waals surface area contributed by atoms with Gasteiger partial charge < -0.3 is 10.2 Å². The van der Waals surface area contributed by atoms with E-state index in [9.17, 15) is 24.5 Å².